The molecule has 4 saturated heterocycles. The Balaban J connectivity index is 0.986. The zero-order chi connectivity index (χ0) is 54.0. The number of methoxy groups -OCH3 is 2. The zero-order valence-electron chi connectivity index (χ0n) is 42.9. The number of nitrogens with zero attached hydrogens (tertiary/aromatic N) is 4. The molecule has 5 heterocycles. The number of hydrogen-bond acceptors (Lipinski definition) is 17. The topological polar surface area (TPSA) is 258 Å². The molecule has 2 N–H and O–H groups in total. The Bertz CT molecular complexity index is 2470. The summed E-state index contributed by atoms with van der Waals surface area (Å²) < 4.78 is 29.4. The molecule has 2 unspecified atom stereocenters. The Morgan fingerprint density at radius 2 is 1.70 bits per heavy atom. The quantitative estimate of drug-likeness (QED) is 0.160. The molecule has 404 valence electrons. The summed E-state index contributed by atoms with van der Waals surface area (Å²) >= 11 is 7.98. The smallest absolute Gasteiger partial charge is 0.409 e. The van der Waals surface area contributed by atoms with Crippen LogP contribution in [0.15, 0.2) is 35.9 Å². The molecule has 1 aliphatic carbocycles. The molecule has 1 aromatic carbocycles. The average molecular weight is 1070 g/mol. The number of hydrogen-bond donors (Lipinski definition) is 2. The van der Waals surface area contributed by atoms with Crippen LogP contribution >= 0.6 is 23.4 Å². The van der Waals surface area contributed by atoms with Crippen molar-refractivity contribution in [3.8, 4) is 5.75 Å². The molecule has 1 saturated carbocycles. The van der Waals surface area contributed by atoms with Crippen molar-refractivity contribution in [1.82, 2.24) is 20.2 Å². The molecular formula is C51H66ClN5O16S. The Morgan fingerprint density at radius 1 is 1.01 bits per heavy atom. The van der Waals surface area contributed by atoms with E-state index < -0.39 is 107 Å². The molecule has 0 spiro atoms. The van der Waals surface area contributed by atoms with Crippen molar-refractivity contribution < 1.29 is 76.8 Å². The van der Waals surface area contributed by atoms with Gasteiger partial charge in [0.15, 0.2) is 5.72 Å². The van der Waals surface area contributed by atoms with E-state index in [1.807, 2.05) is 13.0 Å². The number of amides is 7. The number of ether oxygens (including phenoxy) is 5. The lowest BCUT2D eigenvalue weighted by molar-refractivity contribution is -0.201. The second kappa shape index (κ2) is 23.1. The molecule has 7 rings (SSSR count). The van der Waals surface area contributed by atoms with Gasteiger partial charge in [-0.25, -0.2) is 14.4 Å². The fourth-order valence-electron chi connectivity index (χ4n) is 10.3. The number of likely N-dealkylation sites (tertiary alicyclic amines) is 1. The standard InChI is InChI=1S/C51H66ClN5O16S/c1-27-10-9-11-37(69-8)51(67)25-35(70-49(66)53-51)28(2)45-50(4,72-45)38(24-42(61)55(6)33-21-31(20-27)22-34(68-7)44(33)52)71-47(64)29(3)54(5)39(58)18-19-74-36-23-43(62)56(46(36)63)26-30-12-14-32(15-13-30)48(65)73-57-40(59)16-17-41(57)60/h9-11,21-22,28-30,32,35-38,45,67H,12-20,23-26H2,1-8H3,(H,53,66)/b11-9+,27-10+/t28-,29+,30?,32?,35+,36?,37?,38+,45+,50-,51+/m1/s1. The van der Waals surface area contributed by atoms with Gasteiger partial charge in [-0.05, 0) is 76.5 Å². The third-order valence-electron chi connectivity index (χ3n) is 15.2. The number of aliphatic hydroxyl groups is 1. The molecule has 21 nitrogen and oxygen atoms in total. The highest BCUT2D eigenvalue weighted by Gasteiger charge is 2.64. The Hall–Kier alpha value is -5.55. The lowest BCUT2D eigenvalue weighted by Gasteiger charge is -2.42. The van der Waals surface area contributed by atoms with E-state index in [4.69, 9.17) is 40.1 Å². The number of fused-ring (bicyclic) bond motifs is 5. The molecule has 23 heteroatoms. The van der Waals surface area contributed by atoms with Gasteiger partial charge in [-0.1, -0.05) is 42.3 Å². The largest absolute Gasteiger partial charge is 0.495 e. The van der Waals surface area contributed by atoms with Crippen LogP contribution in [0, 0.1) is 17.8 Å². The Morgan fingerprint density at radius 3 is 2.36 bits per heavy atom. The molecule has 9 atom stereocenters. The first kappa shape index (κ1) is 56.2. The van der Waals surface area contributed by atoms with Crippen molar-refractivity contribution in [2.45, 2.75) is 145 Å². The maximum atomic E-state index is 14.4. The predicted molar refractivity (Wildman–Crippen MR) is 266 cm³/mol. The fourth-order valence-corrected chi connectivity index (χ4v) is 11.7. The fraction of sp³-hybridized carbons (Fsp3) is 0.627. The van der Waals surface area contributed by atoms with Gasteiger partial charge in [0.1, 0.15) is 40.7 Å². The number of alkyl carbamates (subject to hydrolysis) is 1. The summed E-state index contributed by atoms with van der Waals surface area (Å²) in [5, 5.41) is 14.4. The molecule has 4 bridgehead atoms. The van der Waals surface area contributed by atoms with Gasteiger partial charge in [-0.2, -0.15) is 0 Å². The van der Waals surface area contributed by atoms with Gasteiger partial charge < -0.3 is 43.4 Å². The average Bonchev–Trinajstić information content (AvgIpc) is 3.87. The lowest BCUT2D eigenvalue weighted by Crippen LogP contribution is -2.63. The number of anilines is 1. The van der Waals surface area contributed by atoms with E-state index >= 15 is 0 Å². The second-order valence-electron chi connectivity index (χ2n) is 20.3. The highest BCUT2D eigenvalue weighted by atomic mass is 35.5. The minimum atomic E-state index is -1.89. The molecular weight excluding hydrogens is 1010 g/mol. The summed E-state index contributed by atoms with van der Waals surface area (Å²) in [6, 6.07) is 2.36. The number of carbonyl (C=O) groups is 9. The van der Waals surface area contributed by atoms with Crippen molar-refractivity contribution in [1.29, 1.82) is 0 Å². The van der Waals surface area contributed by atoms with Crippen molar-refractivity contribution in [2.75, 3.05) is 45.5 Å². The summed E-state index contributed by atoms with van der Waals surface area (Å²) in [4.78, 5) is 127. The zero-order valence-corrected chi connectivity index (χ0v) is 44.5. The van der Waals surface area contributed by atoms with Gasteiger partial charge in [-0.15, -0.1) is 16.8 Å². The third-order valence-corrected chi connectivity index (χ3v) is 16.8. The minimum Gasteiger partial charge on any atom is -0.495 e. The number of benzene rings is 1. The third kappa shape index (κ3) is 12.2. The van der Waals surface area contributed by atoms with Crippen molar-refractivity contribution in [3.05, 3.63) is 46.5 Å². The van der Waals surface area contributed by atoms with Gasteiger partial charge in [0.05, 0.1) is 36.5 Å². The van der Waals surface area contributed by atoms with Crippen LogP contribution in [0.25, 0.3) is 0 Å². The number of epoxide rings is 1. The molecule has 5 fully saturated rings. The number of thioether (sulfide) groups is 1. The maximum absolute atomic E-state index is 14.4. The molecule has 1 aromatic rings. The van der Waals surface area contributed by atoms with Gasteiger partial charge in [0.25, 0.3) is 11.8 Å². The van der Waals surface area contributed by atoms with Gasteiger partial charge >= 0.3 is 18.0 Å². The number of esters is 1. The van der Waals surface area contributed by atoms with Crippen LogP contribution < -0.4 is 15.0 Å². The Kier molecular flexibility index (Phi) is 17.6. The van der Waals surface area contributed by atoms with Crippen LogP contribution in [0.1, 0.15) is 97.5 Å². The molecule has 0 aromatic heterocycles. The van der Waals surface area contributed by atoms with E-state index in [0.717, 1.165) is 11.1 Å². The van der Waals surface area contributed by atoms with Crippen molar-refractivity contribution >= 4 is 82.5 Å². The summed E-state index contributed by atoms with van der Waals surface area (Å²) in [7, 11) is 5.84. The number of likely N-dealkylation sites (N-methyl/N-ethyl adjacent to an activating group) is 1. The van der Waals surface area contributed by atoms with Crippen LogP contribution in [0.4, 0.5) is 10.5 Å². The number of hydroxylamine groups is 2. The molecule has 74 heavy (non-hydrogen) atoms. The van der Waals surface area contributed by atoms with Crippen LogP contribution in [0.3, 0.4) is 0 Å². The summed E-state index contributed by atoms with van der Waals surface area (Å²) in [5.74, 6) is -4.93. The normalized spacial score (nSPS) is 32.2. The number of carbonyl (C=O) groups excluding carboxylic acids is 9. The van der Waals surface area contributed by atoms with Crippen LogP contribution in [-0.4, -0.2) is 161 Å². The highest BCUT2D eigenvalue weighted by molar-refractivity contribution is 8.00. The lowest BCUT2D eigenvalue weighted by atomic mass is 9.82. The van der Waals surface area contributed by atoms with Crippen molar-refractivity contribution in [3.63, 3.8) is 0 Å². The van der Waals surface area contributed by atoms with E-state index in [9.17, 15) is 48.3 Å². The second-order valence-corrected chi connectivity index (χ2v) is 22.0. The summed E-state index contributed by atoms with van der Waals surface area (Å²) in [6.07, 6.45) is 2.04. The van der Waals surface area contributed by atoms with Gasteiger partial charge in [-0.3, -0.25) is 39.0 Å². The predicted octanol–water partition coefficient (Wildman–Crippen LogP) is 4.18. The van der Waals surface area contributed by atoms with Gasteiger partial charge in [0.2, 0.25) is 23.6 Å². The highest BCUT2D eigenvalue weighted by Crippen LogP contribution is 2.49. The number of rotatable bonds is 13. The summed E-state index contributed by atoms with van der Waals surface area (Å²) in [5.41, 5.74) is -1.23. The van der Waals surface area contributed by atoms with Crippen LogP contribution in [0.2, 0.25) is 5.02 Å². The minimum absolute atomic E-state index is 0.00240. The van der Waals surface area contributed by atoms with E-state index in [-0.39, 0.29) is 67.2 Å². The first-order valence-electron chi connectivity index (χ1n) is 24.9. The number of halogens is 1. The number of imide groups is 2. The molecule has 0 radical (unpaired) electrons. The molecule has 6 aliphatic rings. The number of allylic oxidation sites excluding steroid dienone is 3. The van der Waals surface area contributed by atoms with Crippen LogP contribution in [0.5, 0.6) is 5.75 Å². The van der Waals surface area contributed by atoms with E-state index in [1.165, 1.54) is 61.7 Å². The maximum Gasteiger partial charge on any atom is 0.409 e. The monoisotopic (exact) mass is 1070 g/mol. The number of nitrogens with one attached hydrogen (secondary N) is 1. The first-order valence-corrected chi connectivity index (χ1v) is 26.3. The summed E-state index contributed by atoms with van der Waals surface area (Å²) in [6.45, 7) is 6.99. The van der Waals surface area contributed by atoms with E-state index in [0.29, 0.717) is 48.6 Å². The molecule has 7 amide bonds. The first-order chi connectivity index (χ1) is 35.0. The van der Waals surface area contributed by atoms with E-state index in [2.05, 4.69) is 5.32 Å². The van der Waals surface area contributed by atoms with Crippen molar-refractivity contribution in [2.24, 2.45) is 17.8 Å². The Labute approximate surface area is 438 Å². The SMILES string of the molecule is COc1cc2cc(c1Cl)N(C)C(=O)C[C@H](OC(=O)[C@H](C)N(C)C(=O)CCSC1CC(=O)N(CC3CCC(C(=O)ON4C(=O)CCC4=O)CC3)C1=O)[C@@]1(C)O[C@H]1[C@H](C)[C@@H]1C[C@@](O)(NC(=O)O1)C(OC)/C=C/C=C(\C)C2. The van der Waals surface area contributed by atoms with Crippen LogP contribution in [-0.2, 0) is 68.6 Å². The molecule has 5 aliphatic heterocycles. The van der Waals surface area contributed by atoms with E-state index in [1.54, 1.807) is 38.1 Å². The van der Waals surface area contributed by atoms with Gasteiger partial charge in [0, 0.05) is 71.5 Å².